The molecule has 0 radical (unpaired) electrons. The maximum atomic E-state index is 13.4. The average molecular weight is 432 g/mol. The smallest absolute Gasteiger partial charge is 0.195 e. The number of aliphatic imine (C=N–C) groups is 1. The van der Waals surface area contributed by atoms with Gasteiger partial charge in [-0.05, 0) is 36.2 Å². The summed E-state index contributed by atoms with van der Waals surface area (Å²) in [6.45, 7) is 3.94. The summed E-state index contributed by atoms with van der Waals surface area (Å²) < 4.78 is 35.3. The van der Waals surface area contributed by atoms with Crippen LogP contribution in [-0.4, -0.2) is 59.2 Å². The van der Waals surface area contributed by atoms with Crippen molar-refractivity contribution in [2.24, 2.45) is 4.99 Å². The van der Waals surface area contributed by atoms with E-state index < -0.39 is 0 Å². The van der Waals surface area contributed by atoms with Crippen LogP contribution in [0.2, 0.25) is 0 Å². The topological polar surface area (TPSA) is 73.3 Å². The Balaban J connectivity index is 1.59. The van der Waals surface area contributed by atoms with Gasteiger partial charge in [-0.1, -0.05) is 12.1 Å². The molecule has 0 saturated carbocycles. The number of benzene rings is 2. The van der Waals surface area contributed by atoms with E-state index in [1.165, 1.54) is 6.07 Å². The van der Waals surface area contributed by atoms with Gasteiger partial charge in [-0.15, -0.1) is 0 Å². The van der Waals surface area contributed by atoms with Crippen LogP contribution in [0.4, 0.5) is 10.1 Å². The van der Waals surface area contributed by atoms with Crippen molar-refractivity contribution in [3.63, 3.8) is 0 Å². The molecule has 7 nitrogen and oxygen atoms in total. The van der Waals surface area contributed by atoms with Gasteiger partial charge in [0.05, 0.1) is 39.6 Å². The van der Waals surface area contributed by atoms with Crippen LogP contribution in [0.5, 0.6) is 11.5 Å². The first-order chi connectivity index (χ1) is 15.2. The van der Waals surface area contributed by atoms with Crippen molar-refractivity contribution in [2.45, 2.75) is 12.8 Å². The quantitative estimate of drug-likeness (QED) is 0.342. The number of rotatable bonds is 10. The number of fused-ring (bicyclic) bond motifs is 1. The van der Waals surface area contributed by atoms with Gasteiger partial charge >= 0.3 is 0 Å². The molecule has 0 aliphatic carbocycles. The van der Waals surface area contributed by atoms with Gasteiger partial charge in [-0.3, -0.25) is 4.99 Å². The molecule has 0 aromatic heterocycles. The lowest BCUT2D eigenvalue weighted by atomic mass is 10.1. The lowest BCUT2D eigenvalue weighted by Crippen LogP contribution is -2.33. The number of hydrogen-bond donors (Lipinski definition) is 2. The van der Waals surface area contributed by atoms with Crippen LogP contribution < -0.4 is 20.1 Å². The zero-order valence-electron chi connectivity index (χ0n) is 17.9. The summed E-state index contributed by atoms with van der Waals surface area (Å²) in [5.74, 6) is 1.84. The summed E-state index contributed by atoms with van der Waals surface area (Å²) >= 11 is 0. The second-order valence-electron chi connectivity index (χ2n) is 6.98. The Morgan fingerprint density at radius 3 is 2.77 bits per heavy atom. The number of ether oxygens (including phenoxy) is 4. The summed E-state index contributed by atoms with van der Waals surface area (Å²) in [5.41, 5.74) is 1.76. The fourth-order valence-electron chi connectivity index (χ4n) is 3.00. The van der Waals surface area contributed by atoms with Crippen LogP contribution in [0.25, 0.3) is 0 Å². The van der Waals surface area contributed by atoms with Crippen molar-refractivity contribution in [3.8, 4) is 11.5 Å². The fourth-order valence-corrected chi connectivity index (χ4v) is 3.00. The van der Waals surface area contributed by atoms with E-state index in [9.17, 15) is 4.39 Å². The average Bonchev–Trinajstić information content (AvgIpc) is 3.01. The molecule has 8 heteroatoms. The Morgan fingerprint density at radius 1 is 1.06 bits per heavy atom. The molecule has 0 amide bonds. The predicted molar refractivity (Wildman–Crippen MR) is 119 cm³/mol. The minimum Gasteiger partial charge on any atom is -0.490 e. The summed E-state index contributed by atoms with van der Waals surface area (Å²) in [7, 11) is 1.64. The Bertz CT molecular complexity index is 847. The van der Waals surface area contributed by atoms with E-state index in [2.05, 4.69) is 15.6 Å². The first kappa shape index (κ1) is 22.8. The molecule has 2 N–H and O–H groups in total. The number of hydrogen-bond acceptors (Lipinski definition) is 5. The van der Waals surface area contributed by atoms with Crippen molar-refractivity contribution in [1.82, 2.24) is 5.32 Å². The van der Waals surface area contributed by atoms with E-state index in [1.807, 2.05) is 24.3 Å². The standard InChI is InChI=1S/C23H30FN3O4/c1-28-14-15-29-13-10-26-23(25-9-8-18-4-2-5-19(24)16-18)27-20-6-7-21-22(17-20)31-12-3-11-30-21/h2,4-7,16-17H,3,8-15H2,1H3,(H2,25,26,27). The summed E-state index contributed by atoms with van der Waals surface area (Å²) in [6, 6.07) is 12.3. The number of nitrogens with one attached hydrogen (secondary N) is 2. The molecule has 0 spiro atoms. The van der Waals surface area contributed by atoms with E-state index in [4.69, 9.17) is 18.9 Å². The zero-order chi connectivity index (χ0) is 21.7. The van der Waals surface area contributed by atoms with Crippen LogP contribution in [-0.2, 0) is 15.9 Å². The highest BCUT2D eigenvalue weighted by Gasteiger charge is 2.11. The van der Waals surface area contributed by atoms with Gasteiger partial charge < -0.3 is 29.6 Å². The Morgan fingerprint density at radius 2 is 1.94 bits per heavy atom. The molecule has 31 heavy (non-hydrogen) atoms. The molecule has 168 valence electrons. The molecule has 0 fully saturated rings. The van der Waals surface area contributed by atoms with E-state index in [0.29, 0.717) is 64.3 Å². The summed E-state index contributed by atoms with van der Waals surface area (Å²) in [5, 5.41) is 6.59. The predicted octanol–water partition coefficient (Wildman–Crippen LogP) is 3.25. The van der Waals surface area contributed by atoms with Crippen molar-refractivity contribution in [3.05, 3.63) is 53.8 Å². The van der Waals surface area contributed by atoms with E-state index in [1.54, 1.807) is 19.2 Å². The van der Waals surface area contributed by atoms with Gasteiger partial charge in [-0.2, -0.15) is 0 Å². The van der Waals surface area contributed by atoms with Crippen molar-refractivity contribution < 1.29 is 23.3 Å². The number of guanidine groups is 1. The monoisotopic (exact) mass is 431 g/mol. The second kappa shape index (κ2) is 12.8. The Kier molecular flexibility index (Phi) is 9.40. The number of anilines is 1. The van der Waals surface area contributed by atoms with Crippen LogP contribution in [0.3, 0.4) is 0 Å². The Hall–Kier alpha value is -2.84. The zero-order valence-corrected chi connectivity index (χ0v) is 17.9. The lowest BCUT2D eigenvalue weighted by Gasteiger charge is -2.15. The molecule has 0 bridgehead atoms. The van der Waals surface area contributed by atoms with E-state index in [-0.39, 0.29) is 5.82 Å². The van der Waals surface area contributed by atoms with Crippen LogP contribution in [0, 0.1) is 5.82 Å². The van der Waals surface area contributed by atoms with Gasteiger partial charge in [0.15, 0.2) is 17.5 Å². The third kappa shape index (κ3) is 8.07. The molecule has 2 aromatic rings. The van der Waals surface area contributed by atoms with Gasteiger partial charge in [0.2, 0.25) is 0 Å². The van der Waals surface area contributed by atoms with E-state index >= 15 is 0 Å². The molecular weight excluding hydrogens is 401 g/mol. The first-order valence-electron chi connectivity index (χ1n) is 10.5. The molecule has 1 heterocycles. The molecule has 2 aromatic carbocycles. The maximum Gasteiger partial charge on any atom is 0.195 e. The minimum atomic E-state index is -0.232. The highest BCUT2D eigenvalue weighted by Crippen LogP contribution is 2.32. The third-order valence-corrected chi connectivity index (χ3v) is 4.54. The molecule has 0 saturated heterocycles. The maximum absolute atomic E-state index is 13.4. The van der Waals surface area contributed by atoms with Crippen molar-refractivity contribution in [2.75, 3.05) is 58.6 Å². The highest BCUT2D eigenvalue weighted by molar-refractivity contribution is 5.94. The van der Waals surface area contributed by atoms with Gasteiger partial charge in [0.1, 0.15) is 5.82 Å². The highest BCUT2D eigenvalue weighted by atomic mass is 19.1. The van der Waals surface area contributed by atoms with Gasteiger partial charge in [0, 0.05) is 31.8 Å². The first-order valence-corrected chi connectivity index (χ1v) is 10.5. The number of nitrogens with zero attached hydrogens (tertiary/aromatic N) is 1. The number of methoxy groups -OCH3 is 1. The van der Waals surface area contributed by atoms with Crippen molar-refractivity contribution >= 4 is 11.6 Å². The second-order valence-corrected chi connectivity index (χ2v) is 6.98. The minimum absolute atomic E-state index is 0.232. The van der Waals surface area contributed by atoms with Gasteiger partial charge in [0.25, 0.3) is 0 Å². The van der Waals surface area contributed by atoms with Crippen molar-refractivity contribution in [1.29, 1.82) is 0 Å². The van der Waals surface area contributed by atoms with Crippen LogP contribution >= 0.6 is 0 Å². The molecule has 1 aliphatic heterocycles. The molecular formula is C23H30FN3O4. The Labute approximate surface area is 182 Å². The van der Waals surface area contributed by atoms with E-state index in [0.717, 1.165) is 23.4 Å². The summed E-state index contributed by atoms with van der Waals surface area (Å²) in [6.07, 6.45) is 1.53. The van der Waals surface area contributed by atoms with Crippen LogP contribution in [0.1, 0.15) is 12.0 Å². The molecule has 3 rings (SSSR count). The lowest BCUT2D eigenvalue weighted by molar-refractivity contribution is 0.0748. The molecule has 0 unspecified atom stereocenters. The molecule has 0 atom stereocenters. The van der Waals surface area contributed by atoms with Gasteiger partial charge in [-0.25, -0.2) is 4.39 Å². The SMILES string of the molecule is COCCOCCN=C(NCCc1cccc(F)c1)Nc1ccc2c(c1)OCCCO2. The molecule has 1 aliphatic rings. The normalized spacial score (nSPS) is 13.5. The van der Waals surface area contributed by atoms with Crippen LogP contribution in [0.15, 0.2) is 47.5 Å². The third-order valence-electron chi connectivity index (χ3n) is 4.54. The fraction of sp³-hybridized carbons (Fsp3) is 0.435. The number of halogens is 1. The largest absolute Gasteiger partial charge is 0.490 e. The summed E-state index contributed by atoms with van der Waals surface area (Å²) in [4.78, 5) is 4.58.